The van der Waals surface area contributed by atoms with Gasteiger partial charge in [0, 0.05) is 25.0 Å². The Hall–Kier alpha value is -0.940. The van der Waals surface area contributed by atoms with Crippen molar-refractivity contribution in [3.05, 3.63) is 0 Å². The van der Waals surface area contributed by atoms with E-state index in [1.807, 2.05) is 6.92 Å². The number of ketones is 1. The van der Waals surface area contributed by atoms with Gasteiger partial charge in [-0.2, -0.15) is 0 Å². The molecular weight excluding hydrogens is 366 g/mol. The second-order valence-electron chi connectivity index (χ2n) is 11.1. The molecule has 29 heavy (non-hydrogen) atoms. The predicted molar refractivity (Wildman–Crippen MR) is 111 cm³/mol. The van der Waals surface area contributed by atoms with Crippen molar-refractivity contribution in [2.75, 3.05) is 13.2 Å². The fraction of sp³-hybridized carbons (Fsp3) is 0.917. The molecule has 0 aromatic heterocycles. The van der Waals surface area contributed by atoms with E-state index in [4.69, 9.17) is 10.5 Å². The minimum Gasteiger partial charge on any atom is -0.462 e. The highest BCUT2D eigenvalue weighted by Gasteiger charge is 2.62. The quantitative estimate of drug-likeness (QED) is 0.700. The van der Waals surface area contributed by atoms with Crippen LogP contribution in [0.4, 0.5) is 0 Å². The van der Waals surface area contributed by atoms with Crippen LogP contribution in [0.2, 0.25) is 0 Å². The lowest BCUT2D eigenvalue weighted by Gasteiger charge is -2.62. The topological polar surface area (TPSA) is 89.6 Å². The van der Waals surface area contributed by atoms with E-state index in [0.717, 1.165) is 51.4 Å². The van der Waals surface area contributed by atoms with Gasteiger partial charge in [-0.25, -0.2) is 0 Å². The number of aliphatic hydroxyl groups is 1. The first kappa shape index (κ1) is 21.3. The molecule has 0 amide bonds. The zero-order valence-electron chi connectivity index (χ0n) is 18.4. The number of hydrogen-bond donors (Lipinski definition) is 2. The molecule has 0 aliphatic heterocycles. The van der Waals surface area contributed by atoms with Crippen LogP contribution in [0.5, 0.6) is 0 Å². The smallest absolute Gasteiger partial charge is 0.310 e. The highest BCUT2D eigenvalue weighted by atomic mass is 16.5. The van der Waals surface area contributed by atoms with E-state index in [9.17, 15) is 14.7 Å². The minimum absolute atomic E-state index is 0.0536. The van der Waals surface area contributed by atoms with Crippen LogP contribution in [-0.2, 0) is 14.3 Å². The number of carbonyl (C=O) groups excluding carboxylic acids is 2. The van der Waals surface area contributed by atoms with E-state index < -0.39 is 0 Å². The summed E-state index contributed by atoms with van der Waals surface area (Å²) < 4.78 is 5.82. The molecule has 4 aliphatic rings. The minimum atomic E-state index is -0.261. The van der Waals surface area contributed by atoms with Crippen molar-refractivity contribution in [2.45, 2.75) is 78.2 Å². The number of fused-ring (bicyclic) bond motifs is 5. The van der Waals surface area contributed by atoms with Crippen molar-refractivity contribution < 1.29 is 19.4 Å². The highest BCUT2D eigenvalue weighted by Crippen LogP contribution is 2.66. The molecular formula is C24H39NO4. The average Bonchev–Trinajstić information content (AvgIpc) is 3.02. The van der Waals surface area contributed by atoms with E-state index >= 15 is 0 Å². The van der Waals surface area contributed by atoms with E-state index in [1.54, 1.807) is 0 Å². The molecule has 9 atom stereocenters. The zero-order chi connectivity index (χ0) is 21.0. The molecule has 0 aromatic rings. The van der Waals surface area contributed by atoms with Crippen LogP contribution in [0.25, 0.3) is 0 Å². The monoisotopic (exact) mass is 405 g/mol. The van der Waals surface area contributed by atoms with E-state index in [2.05, 4.69) is 13.8 Å². The number of ether oxygens (including phenoxy) is 1. The summed E-state index contributed by atoms with van der Waals surface area (Å²) in [5.41, 5.74) is 5.67. The lowest BCUT2D eigenvalue weighted by atomic mass is 9.43. The van der Waals surface area contributed by atoms with Gasteiger partial charge in [0.25, 0.3) is 0 Å². The number of carbonyl (C=O) groups is 2. The molecule has 4 aliphatic carbocycles. The van der Waals surface area contributed by atoms with Gasteiger partial charge in [-0.1, -0.05) is 20.8 Å². The Bertz CT molecular complexity index is 665. The molecule has 0 radical (unpaired) electrons. The third-order valence-electron chi connectivity index (χ3n) is 9.78. The normalized spacial score (nSPS) is 47.7. The molecule has 4 fully saturated rings. The van der Waals surface area contributed by atoms with Crippen LogP contribution in [0.1, 0.15) is 72.1 Å². The summed E-state index contributed by atoms with van der Waals surface area (Å²) in [6, 6.07) is 0. The number of nitrogens with two attached hydrogens (primary N) is 1. The number of Topliss-reactive ketones (excluding diaryl/α,β-unsaturated/α-hetero) is 1. The van der Waals surface area contributed by atoms with Crippen molar-refractivity contribution in [2.24, 2.45) is 52.1 Å². The van der Waals surface area contributed by atoms with Crippen LogP contribution in [-0.4, -0.2) is 36.1 Å². The second-order valence-corrected chi connectivity index (χ2v) is 11.1. The summed E-state index contributed by atoms with van der Waals surface area (Å²) in [7, 11) is 0. The largest absolute Gasteiger partial charge is 0.462 e. The number of aliphatic hydroxyl groups excluding tert-OH is 1. The first-order valence-corrected chi connectivity index (χ1v) is 11.8. The predicted octanol–water partition coefficient (Wildman–Crippen LogP) is 3.32. The van der Waals surface area contributed by atoms with Gasteiger partial charge >= 0.3 is 5.97 Å². The van der Waals surface area contributed by atoms with Gasteiger partial charge in [0.2, 0.25) is 0 Å². The maximum atomic E-state index is 12.6. The van der Waals surface area contributed by atoms with Crippen LogP contribution < -0.4 is 5.73 Å². The Morgan fingerprint density at radius 3 is 2.62 bits per heavy atom. The summed E-state index contributed by atoms with van der Waals surface area (Å²) in [5, 5.41) is 10.3. The Morgan fingerprint density at radius 2 is 1.93 bits per heavy atom. The fourth-order valence-corrected chi connectivity index (χ4v) is 7.92. The van der Waals surface area contributed by atoms with Gasteiger partial charge in [0.15, 0.2) is 0 Å². The Balaban J connectivity index is 1.54. The molecule has 0 aromatic carbocycles. The number of esters is 1. The molecule has 4 rings (SSSR count). The van der Waals surface area contributed by atoms with E-state index in [0.29, 0.717) is 36.0 Å². The van der Waals surface area contributed by atoms with Gasteiger partial charge in [-0.05, 0) is 80.0 Å². The lowest BCUT2D eigenvalue weighted by Crippen LogP contribution is -2.57. The first-order chi connectivity index (χ1) is 13.7. The summed E-state index contributed by atoms with van der Waals surface area (Å²) in [4.78, 5) is 24.9. The van der Waals surface area contributed by atoms with Crippen molar-refractivity contribution in [3.63, 3.8) is 0 Å². The molecule has 5 nitrogen and oxygen atoms in total. The Kier molecular flexibility index (Phi) is 5.61. The maximum Gasteiger partial charge on any atom is 0.310 e. The second kappa shape index (κ2) is 7.64. The molecule has 5 heteroatoms. The van der Waals surface area contributed by atoms with Crippen LogP contribution in [0.15, 0.2) is 0 Å². The Morgan fingerprint density at radius 1 is 1.17 bits per heavy atom. The lowest BCUT2D eigenvalue weighted by molar-refractivity contribution is -0.175. The summed E-state index contributed by atoms with van der Waals surface area (Å²) in [6.45, 7) is 6.96. The van der Waals surface area contributed by atoms with Gasteiger partial charge in [0.05, 0.1) is 5.92 Å². The molecule has 0 heterocycles. The SMILES string of the molecule is CC(CN)C(=O)O[C@H]1CC[C@@]2(C)C(C1)[C@@H](CO)C[C@@H]1[C@@H]2CC[C@]2(C)C(=O)CC[C@@H]12. The standard InChI is InChI=1S/C24H39NO4/c1-14(12-25)22(28)29-16-6-8-23(2)19-7-9-24(3)18(4-5-21(24)27)17(19)10-15(13-26)20(23)11-16/h14-20,26H,4-13,25H2,1-3H3/t14?,15-,16+,17+,18+,19+,20?,23-,24+/m1/s1. The molecule has 0 saturated heterocycles. The summed E-state index contributed by atoms with van der Waals surface area (Å²) >= 11 is 0. The molecule has 3 N–H and O–H groups in total. The summed E-state index contributed by atoms with van der Waals surface area (Å²) in [5.74, 6) is 2.31. The number of hydrogen-bond acceptors (Lipinski definition) is 5. The van der Waals surface area contributed by atoms with E-state index in [1.165, 1.54) is 0 Å². The van der Waals surface area contributed by atoms with Gasteiger partial charge in [-0.3, -0.25) is 9.59 Å². The van der Waals surface area contributed by atoms with Gasteiger partial charge in [0.1, 0.15) is 11.9 Å². The van der Waals surface area contributed by atoms with Crippen molar-refractivity contribution in [3.8, 4) is 0 Å². The van der Waals surface area contributed by atoms with Crippen molar-refractivity contribution in [1.82, 2.24) is 0 Å². The molecule has 0 spiro atoms. The zero-order valence-corrected chi connectivity index (χ0v) is 18.4. The highest BCUT2D eigenvalue weighted by molar-refractivity contribution is 5.87. The third kappa shape index (κ3) is 3.27. The number of rotatable bonds is 4. The Labute approximate surface area is 175 Å². The van der Waals surface area contributed by atoms with E-state index in [-0.39, 0.29) is 41.3 Å². The average molecular weight is 406 g/mol. The molecule has 0 bridgehead atoms. The summed E-state index contributed by atoms with van der Waals surface area (Å²) in [6.07, 6.45) is 7.70. The van der Waals surface area contributed by atoms with Crippen molar-refractivity contribution in [1.29, 1.82) is 0 Å². The van der Waals surface area contributed by atoms with Crippen LogP contribution in [0, 0.1) is 46.3 Å². The van der Waals surface area contributed by atoms with Gasteiger partial charge in [-0.15, -0.1) is 0 Å². The fourth-order valence-electron chi connectivity index (χ4n) is 7.92. The molecule has 164 valence electrons. The first-order valence-electron chi connectivity index (χ1n) is 11.8. The van der Waals surface area contributed by atoms with Crippen molar-refractivity contribution >= 4 is 11.8 Å². The van der Waals surface area contributed by atoms with Crippen LogP contribution >= 0.6 is 0 Å². The van der Waals surface area contributed by atoms with Gasteiger partial charge < -0.3 is 15.6 Å². The maximum absolute atomic E-state index is 12.6. The molecule has 4 saturated carbocycles. The molecule has 2 unspecified atom stereocenters. The van der Waals surface area contributed by atoms with Crippen LogP contribution in [0.3, 0.4) is 0 Å². The third-order valence-corrected chi connectivity index (χ3v) is 9.78.